The van der Waals surface area contributed by atoms with Crippen molar-refractivity contribution in [3.63, 3.8) is 0 Å². The number of carbonyl (C=O) groups is 1. The second kappa shape index (κ2) is 7.77. The monoisotopic (exact) mass is 379 g/mol. The van der Waals surface area contributed by atoms with E-state index in [1.807, 2.05) is 25.1 Å². The van der Waals surface area contributed by atoms with Crippen LogP contribution in [-0.2, 0) is 4.79 Å². The Morgan fingerprint density at radius 3 is 2.88 bits per heavy atom. The molecule has 2 unspecified atom stereocenters. The van der Waals surface area contributed by atoms with Crippen molar-refractivity contribution >= 4 is 28.9 Å². The van der Waals surface area contributed by atoms with E-state index >= 15 is 0 Å². The minimum atomic E-state index is -0.768. The van der Waals surface area contributed by atoms with Crippen LogP contribution >= 0.6 is 22.9 Å². The first-order valence-electron chi connectivity index (χ1n) is 8.48. The maximum atomic E-state index is 11.8. The topological polar surface area (TPSA) is 49.8 Å². The number of likely N-dealkylation sites (tertiary alicyclic amines) is 1. The first-order chi connectivity index (χ1) is 12.0. The number of carboxylic acid groups (broad SMARTS) is 1. The van der Waals surface area contributed by atoms with Crippen LogP contribution in [0.3, 0.4) is 0 Å². The summed E-state index contributed by atoms with van der Waals surface area (Å²) in [6, 6.07) is 9.10. The average molecular weight is 380 g/mol. The van der Waals surface area contributed by atoms with Gasteiger partial charge in [0.15, 0.2) is 0 Å². The summed E-state index contributed by atoms with van der Waals surface area (Å²) in [5.41, 5.74) is 0.935. The molecule has 0 amide bonds. The van der Waals surface area contributed by atoms with Gasteiger partial charge in [0.1, 0.15) is 11.8 Å². The summed E-state index contributed by atoms with van der Waals surface area (Å²) in [5.74, 6) is -0.00485. The van der Waals surface area contributed by atoms with E-state index < -0.39 is 12.0 Å². The molecule has 1 saturated heterocycles. The van der Waals surface area contributed by atoms with Crippen LogP contribution in [0.2, 0.25) is 5.02 Å². The summed E-state index contributed by atoms with van der Waals surface area (Å²) in [6.45, 7) is 5.30. The molecule has 0 radical (unpaired) electrons. The Kier molecular flexibility index (Phi) is 5.67. The normalized spacial score (nSPS) is 19.1. The number of hydrogen-bond donors (Lipinski definition) is 1. The summed E-state index contributed by atoms with van der Waals surface area (Å²) >= 11 is 7.96. The molecule has 1 aromatic carbocycles. The van der Waals surface area contributed by atoms with Crippen molar-refractivity contribution in [2.24, 2.45) is 0 Å². The van der Waals surface area contributed by atoms with Crippen LogP contribution in [0.4, 0.5) is 0 Å². The highest BCUT2D eigenvalue weighted by atomic mass is 35.5. The first kappa shape index (κ1) is 18.2. The third kappa shape index (κ3) is 3.84. The van der Waals surface area contributed by atoms with Crippen molar-refractivity contribution in [1.29, 1.82) is 0 Å². The van der Waals surface area contributed by atoms with Crippen LogP contribution in [0, 0.1) is 6.92 Å². The maximum absolute atomic E-state index is 11.8. The van der Waals surface area contributed by atoms with Crippen molar-refractivity contribution in [3.05, 3.63) is 50.7 Å². The van der Waals surface area contributed by atoms with E-state index in [1.54, 1.807) is 11.3 Å². The second-order valence-electron chi connectivity index (χ2n) is 6.20. The molecule has 0 saturated carbocycles. The van der Waals surface area contributed by atoms with Crippen molar-refractivity contribution in [1.82, 2.24) is 4.90 Å². The van der Waals surface area contributed by atoms with Gasteiger partial charge in [-0.3, -0.25) is 9.69 Å². The fraction of sp³-hybridized carbons (Fsp3) is 0.421. The van der Waals surface area contributed by atoms with E-state index in [0.29, 0.717) is 18.1 Å². The number of aliphatic carboxylic acids is 1. The largest absolute Gasteiger partial charge is 0.494 e. The van der Waals surface area contributed by atoms with Gasteiger partial charge in [0.05, 0.1) is 12.6 Å². The quantitative estimate of drug-likeness (QED) is 0.787. The van der Waals surface area contributed by atoms with Gasteiger partial charge in [0, 0.05) is 26.9 Å². The zero-order valence-electron chi connectivity index (χ0n) is 14.4. The van der Waals surface area contributed by atoms with Gasteiger partial charge in [-0.05, 0) is 57.0 Å². The Bertz CT molecular complexity index is 761. The SMILES string of the molecule is CCOc1ccc(Cl)cc1C(c1ccc(C)s1)N1CCCC1C(=O)O. The van der Waals surface area contributed by atoms with Crippen molar-refractivity contribution in [2.45, 2.75) is 38.8 Å². The lowest BCUT2D eigenvalue weighted by molar-refractivity contribution is -0.142. The lowest BCUT2D eigenvalue weighted by Crippen LogP contribution is -2.39. The molecule has 1 aliphatic rings. The number of thiophene rings is 1. The van der Waals surface area contributed by atoms with Gasteiger partial charge >= 0.3 is 5.97 Å². The summed E-state index contributed by atoms with van der Waals surface area (Å²) in [7, 11) is 0. The number of ether oxygens (including phenoxy) is 1. The van der Waals surface area contributed by atoms with E-state index in [-0.39, 0.29) is 6.04 Å². The number of halogens is 1. The van der Waals surface area contributed by atoms with Gasteiger partial charge < -0.3 is 9.84 Å². The van der Waals surface area contributed by atoms with Crippen LogP contribution in [0.1, 0.15) is 41.1 Å². The predicted octanol–water partition coefficient (Wildman–Crippen LogP) is 4.75. The van der Waals surface area contributed by atoms with Crippen LogP contribution in [0.5, 0.6) is 5.75 Å². The number of nitrogens with zero attached hydrogens (tertiary/aromatic N) is 1. The molecule has 6 heteroatoms. The maximum Gasteiger partial charge on any atom is 0.320 e. The molecular formula is C19H22ClNO3S. The van der Waals surface area contributed by atoms with Gasteiger partial charge in [-0.2, -0.15) is 0 Å². The fourth-order valence-electron chi connectivity index (χ4n) is 3.48. The molecule has 0 bridgehead atoms. The molecule has 2 atom stereocenters. The van der Waals surface area contributed by atoms with Gasteiger partial charge in [-0.15, -0.1) is 11.3 Å². The van der Waals surface area contributed by atoms with Gasteiger partial charge in [0.25, 0.3) is 0 Å². The van der Waals surface area contributed by atoms with Crippen molar-refractivity contribution < 1.29 is 14.6 Å². The predicted molar refractivity (Wildman–Crippen MR) is 101 cm³/mol. The summed E-state index contributed by atoms with van der Waals surface area (Å²) in [6.07, 6.45) is 1.54. The highest BCUT2D eigenvalue weighted by Gasteiger charge is 2.38. The van der Waals surface area contributed by atoms with Gasteiger partial charge in [-0.1, -0.05) is 11.6 Å². The zero-order chi connectivity index (χ0) is 18.0. The highest BCUT2D eigenvalue weighted by Crippen LogP contribution is 2.42. The molecule has 4 nitrogen and oxygen atoms in total. The van der Waals surface area contributed by atoms with E-state index in [9.17, 15) is 9.90 Å². The summed E-state index contributed by atoms with van der Waals surface area (Å²) in [5, 5.41) is 10.3. The molecule has 25 heavy (non-hydrogen) atoms. The molecule has 1 aliphatic heterocycles. The standard InChI is InChI=1S/C19H22ClNO3S/c1-3-24-16-8-7-13(20)11-14(16)18(17-9-6-12(2)25-17)21-10-4-5-15(21)19(22)23/h6-9,11,15,18H,3-5,10H2,1-2H3,(H,22,23). The number of aryl methyl sites for hydroxylation is 1. The lowest BCUT2D eigenvalue weighted by Gasteiger charge is -2.32. The number of benzene rings is 1. The summed E-state index contributed by atoms with van der Waals surface area (Å²) in [4.78, 5) is 16.2. The Morgan fingerprint density at radius 2 is 2.24 bits per heavy atom. The minimum absolute atomic E-state index is 0.164. The third-order valence-corrected chi connectivity index (χ3v) is 5.80. The first-order valence-corrected chi connectivity index (χ1v) is 9.67. The highest BCUT2D eigenvalue weighted by molar-refractivity contribution is 7.12. The van der Waals surface area contributed by atoms with Crippen molar-refractivity contribution in [2.75, 3.05) is 13.2 Å². The number of carboxylic acids is 1. The Morgan fingerprint density at radius 1 is 1.44 bits per heavy atom. The zero-order valence-corrected chi connectivity index (χ0v) is 15.9. The molecule has 1 fully saturated rings. The molecule has 2 heterocycles. The van der Waals surface area contributed by atoms with Crippen LogP contribution < -0.4 is 4.74 Å². The molecule has 3 rings (SSSR count). The molecule has 0 aliphatic carbocycles. The molecule has 0 spiro atoms. The molecule has 1 aromatic heterocycles. The molecule has 2 aromatic rings. The van der Waals surface area contributed by atoms with Crippen molar-refractivity contribution in [3.8, 4) is 5.75 Å². The van der Waals surface area contributed by atoms with E-state index in [0.717, 1.165) is 29.2 Å². The smallest absolute Gasteiger partial charge is 0.320 e. The second-order valence-corrected chi connectivity index (χ2v) is 7.96. The van der Waals surface area contributed by atoms with Gasteiger partial charge in [-0.25, -0.2) is 0 Å². The Labute approximate surface area is 157 Å². The Balaban J connectivity index is 2.12. The average Bonchev–Trinajstić information content (AvgIpc) is 3.20. The molecule has 1 N–H and O–H groups in total. The summed E-state index contributed by atoms with van der Waals surface area (Å²) < 4.78 is 5.83. The lowest BCUT2D eigenvalue weighted by atomic mass is 10.0. The number of rotatable bonds is 6. The van der Waals surface area contributed by atoms with Crippen LogP contribution in [-0.4, -0.2) is 35.2 Å². The van der Waals surface area contributed by atoms with E-state index in [2.05, 4.69) is 24.0 Å². The van der Waals surface area contributed by atoms with E-state index in [4.69, 9.17) is 16.3 Å². The number of hydrogen-bond acceptors (Lipinski definition) is 4. The Hall–Kier alpha value is -1.56. The molecular weight excluding hydrogens is 358 g/mol. The van der Waals surface area contributed by atoms with Crippen LogP contribution in [0.25, 0.3) is 0 Å². The molecule has 134 valence electrons. The minimum Gasteiger partial charge on any atom is -0.494 e. The van der Waals surface area contributed by atoms with Gasteiger partial charge in [0.2, 0.25) is 0 Å². The van der Waals surface area contributed by atoms with E-state index in [1.165, 1.54) is 4.88 Å². The third-order valence-electron chi connectivity index (χ3n) is 4.51. The fourth-order valence-corrected chi connectivity index (χ4v) is 4.68. The van der Waals surface area contributed by atoms with Crippen LogP contribution in [0.15, 0.2) is 30.3 Å².